The molecule has 0 spiro atoms. The van der Waals surface area contributed by atoms with Crippen LogP contribution in [0.5, 0.6) is 0 Å². The first-order chi connectivity index (χ1) is 13.7. The van der Waals surface area contributed by atoms with Gasteiger partial charge in [-0.3, -0.25) is 4.79 Å². The number of quaternary nitrogens is 1. The summed E-state index contributed by atoms with van der Waals surface area (Å²) in [5.41, 5.74) is 4.07. The van der Waals surface area contributed by atoms with Crippen molar-refractivity contribution in [2.75, 3.05) is 13.1 Å². The average molecular weight is 389 g/mol. The third-order valence-electron chi connectivity index (χ3n) is 6.09. The molecule has 5 heteroatoms. The fourth-order valence-electron chi connectivity index (χ4n) is 5.04. The predicted octanol–water partition coefficient (Wildman–Crippen LogP) is 2.65. The van der Waals surface area contributed by atoms with Crippen LogP contribution in [0.25, 0.3) is 11.1 Å². The monoisotopic (exact) mass is 388 g/mol. The van der Waals surface area contributed by atoms with Gasteiger partial charge in [-0.1, -0.05) is 18.2 Å². The van der Waals surface area contributed by atoms with Gasteiger partial charge >= 0.3 is 0 Å². The molecule has 2 aromatic heterocycles. The number of nitrogens with zero attached hydrogens (tertiary/aromatic N) is 2. The summed E-state index contributed by atoms with van der Waals surface area (Å²) >= 11 is 1.83. The topological polar surface area (TPSA) is 50.2 Å². The third kappa shape index (κ3) is 3.09. The molecule has 2 aliphatic rings. The zero-order valence-electron chi connectivity index (χ0n) is 15.6. The zero-order valence-corrected chi connectivity index (χ0v) is 16.4. The molecule has 4 nitrogen and oxygen atoms in total. The molecule has 0 saturated carbocycles. The molecular weight excluding hydrogens is 366 g/mol. The van der Waals surface area contributed by atoms with Gasteiger partial charge < -0.3 is 9.47 Å². The molecular formula is C23H22N3OS+. The molecule has 1 aromatic carbocycles. The minimum absolute atomic E-state index is 0.103. The molecule has 0 amide bonds. The van der Waals surface area contributed by atoms with Crippen molar-refractivity contribution in [1.82, 2.24) is 4.57 Å². The maximum atomic E-state index is 12.6. The number of thiophene rings is 1. The van der Waals surface area contributed by atoms with Crippen molar-refractivity contribution < 1.29 is 4.90 Å². The predicted molar refractivity (Wildman–Crippen MR) is 110 cm³/mol. The van der Waals surface area contributed by atoms with Crippen LogP contribution < -0.4 is 10.5 Å². The Morgan fingerprint density at radius 2 is 2.11 bits per heavy atom. The molecule has 1 unspecified atom stereocenters. The second-order valence-corrected chi connectivity index (χ2v) is 9.02. The first kappa shape index (κ1) is 17.4. The lowest BCUT2D eigenvalue weighted by molar-refractivity contribution is -0.924. The summed E-state index contributed by atoms with van der Waals surface area (Å²) in [5, 5.41) is 11.4. The minimum Gasteiger partial charge on any atom is -0.330 e. The number of fused-ring (bicyclic) bond motifs is 4. The van der Waals surface area contributed by atoms with Crippen LogP contribution in [0.2, 0.25) is 0 Å². The van der Waals surface area contributed by atoms with E-state index in [0.29, 0.717) is 17.4 Å². The summed E-state index contributed by atoms with van der Waals surface area (Å²) in [5.74, 6) is 0.941. The largest absolute Gasteiger partial charge is 0.330 e. The maximum Gasteiger partial charge on any atom is 0.250 e. The molecule has 2 bridgehead atoms. The van der Waals surface area contributed by atoms with Gasteiger partial charge in [0.15, 0.2) is 0 Å². The van der Waals surface area contributed by atoms with Gasteiger partial charge in [-0.05, 0) is 41.6 Å². The number of likely N-dealkylation sites (tertiary alicyclic amines) is 1. The Labute approximate surface area is 168 Å². The lowest BCUT2D eigenvalue weighted by Gasteiger charge is -2.41. The summed E-state index contributed by atoms with van der Waals surface area (Å²) in [6.45, 7) is 4.07. The van der Waals surface area contributed by atoms with Crippen LogP contribution >= 0.6 is 11.3 Å². The summed E-state index contributed by atoms with van der Waals surface area (Å²) < 4.78 is 2.01. The molecule has 3 aromatic rings. The number of hydrogen-bond acceptors (Lipinski definition) is 3. The van der Waals surface area contributed by atoms with Crippen LogP contribution in [0.3, 0.4) is 0 Å². The smallest absolute Gasteiger partial charge is 0.250 e. The van der Waals surface area contributed by atoms with Crippen molar-refractivity contribution in [1.29, 1.82) is 5.26 Å². The Balaban J connectivity index is 1.55. The van der Waals surface area contributed by atoms with E-state index in [-0.39, 0.29) is 5.56 Å². The highest BCUT2D eigenvalue weighted by Gasteiger charge is 2.38. The minimum atomic E-state index is 0.103. The Kier molecular flexibility index (Phi) is 4.38. The van der Waals surface area contributed by atoms with Crippen molar-refractivity contribution in [2.24, 2.45) is 5.92 Å². The van der Waals surface area contributed by atoms with E-state index in [1.54, 1.807) is 11.0 Å². The Bertz CT molecular complexity index is 1110. The van der Waals surface area contributed by atoms with Gasteiger partial charge in [0.2, 0.25) is 0 Å². The summed E-state index contributed by atoms with van der Waals surface area (Å²) in [6, 6.07) is 18.0. The van der Waals surface area contributed by atoms with Crippen molar-refractivity contribution in [3.05, 3.63) is 80.4 Å². The van der Waals surface area contributed by atoms with Gasteiger partial charge in [0.25, 0.3) is 5.56 Å². The van der Waals surface area contributed by atoms with Crippen LogP contribution in [0, 0.1) is 17.2 Å². The van der Waals surface area contributed by atoms with Gasteiger partial charge in [0, 0.05) is 35.7 Å². The standard InChI is InChI=1S/C23H21N3OS/c24-11-16-3-1-4-18(9-16)21-6-7-22(27)26-13-17-10-19(23(21)26)14-25(12-17)15-20-5-2-8-28-20/h1-9,17,19H,10,12-15H2/p+1/t17-,19+/m0/s1. The van der Waals surface area contributed by atoms with Crippen LogP contribution in [0.15, 0.2) is 58.7 Å². The lowest BCUT2D eigenvalue weighted by Crippen LogP contribution is -3.13. The highest BCUT2D eigenvalue weighted by Crippen LogP contribution is 2.37. The second-order valence-electron chi connectivity index (χ2n) is 7.99. The van der Waals surface area contributed by atoms with Crippen molar-refractivity contribution >= 4 is 11.3 Å². The van der Waals surface area contributed by atoms with E-state index >= 15 is 0 Å². The van der Waals surface area contributed by atoms with Crippen LogP contribution in [0.4, 0.5) is 0 Å². The van der Waals surface area contributed by atoms with Crippen LogP contribution in [-0.4, -0.2) is 17.7 Å². The summed E-state index contributed by atoms with van der Waals surface area (Å²) in [6.07, 6.45) is 1.16. The van der Waals surface area contributed by atoms with Gasteiger partial charge in [0.05, 0.1) is 29.6 Å². The molecule has 1 saturated heterocycles. The van der Waals surface area contributed by atoms with Gasteiger partial charge in [0.1, 0.15) is 6.54 Å². The number of pyridine rings is 1. The van der Waals surface area contributed by atoms with Gasteiger partial charge in [-0.2, -0.15) is 5.26 Å². The van der Waals surface area contributed by atoms with E-state index < -0.39 is 0 Å². The molecule has 28 heavy (non-hydrogen) atoms. The second kappa shape index (κ2) is 7.05. The van der Waals surface area contributed by atoms with E-state index in [0.717, 1.165) is 43.7 Å². The number of hydrogen-bond donors (Lipinski definition) is 1. The van der Waals surface area contributed by atoms with E-state index in [1.165, 1.54) is 10.6 Å². The molecule has 3 atom stereocenters. The number of nitrogens with one attached hydrogen (secondary N) is 1. The van der Waals surface area contributed by atoms with Crippen LogP contribution in [0.1, 0.15) is 28.5 Å². The normalized spacial score (nSPS) is 23.0. The third-order valence-corrected chi connectivity index (χ3v) is 6.97. The van der Waals surface area contributed by atoms with E-state index in [9.17, 15) is 10.1 Å². The molecule has 140 valence electrons. The number of nitriles is 1. The first-order valence-corrected chi connectivity index (χ1v) is 10.7. The maximum absolute atomic E-state index is 12.6. The molecule has 1 fully saturated rings. The number of aromatic nitrogens is 1. The Morgan fingerprint density at radius 1 is 1.18 bits per heavy atom. The molecule has 2 aliphatic heterocycles. The molecule has 0 radical (unpaired) electrons. The van der Waals surface area contributed by atoms with Crippen molar-refractivity contribution in [3.8, 4) is 17.2 Å². The molecule has 5 rings (SSSR count). The first-order valence-electron chi connectivity index (χ1n) is 9.81. The van der Waals surface area contributed by atoms with Crippen molar-refractivity contribution in [3.63, 3.8) is 0 Å². The molecule has 0 aliphatic carbocycles. The Hall–Kier alpha value is -2.68. The summed E-state index contributed by atoms with van der Waals surface area (Å²) in [4.78, 5) is 15.7. The van der Waals surface area contributed by atoms with E-state index in [1.807, 2.05) is 46.2 Å². The highest BCUT2D eigenvalue weighted by molar-refractivity contribution is 7.09. The van der Waals surface area contributed by atoms with E-state index in [2.05, 4.69) is 23.6 Å². The molecule has 1 N–H and O–H groups in total. The Morgan fingerprint density at radius 3 is 2.93 bits per heavy atom. The number of piperidine rings is 1. The molecule has 4 heterocycles. The SMILES string of the molecule is N#Cc1cccc(-c2ccc(=O)n3c2[C@@H]2C[C@H](C3)C[NH+](Cc3cccs3)C2)c1. The average Bonchev–Trinajstić information content (AvgIpc) is 3.22. The van der Waals surface area contributed by atoms with Gasteiger partial charge in [-0.15, -0.1) is 11.3 Å². The highest BCUT2D eigenvalue weighted by atomic mass is 32.1. The fourth-order valence-corrected chi connectivity index (χ4v) is 5.82. The fraction of sp³-hybridized carbons (Fsp3) is 0.304. The van der Waals surface area contributed by atoms with Crippen molar-refractivity contribution in [2.45, 2.75) is 25.4 Å². The quantitative estimate of drug-likeness (QED) is 0.750. The number of benzene rings is 1. The number of rotatable bonds is 3. The summed E-state index contributed by atoms with van der Waals surface area (Å²) in [7, 11) is 0. The van der Waals surface area contributed by atoms with E-state index in [4.69, 9.17) is 0 Å². The van der Waals surface area contributed by atoms with Crippen LogP contribution in [-0.2, 0) is 13.1 Å². The van der Waals surface area contributed by atoms with Gasteiger partial charge in [-0.25, -0.2) is 0 Å². The zero-order chi connectivity index (χ0) is 19.1. The lowest BCUT2D eigenvalue weighted by atomic mass is 9.80.